The molecule has 0 N–H and O–H groups in total. The lowest BCUT2D eigenvalue weighted by Crippen LogP contribution is -2.31. The largest absolute Gasteiger partial charge is 0.486 e. The van der Waals surface area contributed by atoms with Crippen LogP contribution in [-0.4, -0.2) is 24.7 Å². The summed E-state index contributed by atoms with van der Waals surface area (Å²) < 4.78 is 10.9. The molecule has 0 radical (unpaired) electrons. The molecule has 0 atom stereocenters. The van der Waals surface area contributed by atoms with Crippen LogP contribution in [0.4, 0.5) is 10.5 Å². The normalized spacial score (nSPS) is 10.3. The summed E-state index contributed by atoms with van der Waals surface area (Å²) in [6.45, 7) is 6.17. The second kappa shape index (κ2) is 8.37. The van der Waals surface area contributed by atoms with E-state index in [4.69, 9.17) is 32.7 Å². The zero-order valence-electron chi connectivity index (χ0n) is 13.2. The maximum atomic E-state index is 11.9. The molecule has 0 aliphatic carbocycles. The summed E-state index contributed by atoms with van der Waals surface area (Å²) in [6, 6.07) is 5.41. The molecular weight excluding hydrogens is 371 g/mol. The smallest absolute Gasteiger partial charge is 0.414 e. The van der Waals surface area contributed by atoms with Crippen LogP contribution in [0, 0.1) is 6.92 Å². The van der Waals surface area contributed by atoms with Crippen molar-refractivity contribution in [1.29, 1.82) is 0 Å². The number of carbonyl (C=O) groups is 1. The van der Waals surface area contributed by atoms with Gasteiger partial charge in [-0.3, -0.25) is 4.90 Å². The summed E-state index contributed by atoms with van der Waals surface area (Å²) in [7, 11) is 1.34. The topological polar surface area (TPSA) is 51.7 Å². The Morgan fingerprint density at radius 3 is 2.75 bits per heavy atom. The molecule has 2 rings (SSSR count). The van der Waals surface area contributed by atoms with Gasteiger partial charge in [-0.05, 0) is 30.7 Å². The van der Waals surface area contributed by atoms with E-state index in [1.807, 2.05) is 13.0 Å². The number of ether oxygens (including phenoxy) is 2. The van der Waals surface area contributed by atoms with Gasteiger partial charge >= 0.3 is 6.09 Å². The van der Waals surface area contributed by atoms with Crippen LogP contribution >= 0.6 is 34.5 Å². The SMILES string of the molecule is C=CCN(C(=O)OC)c1ccc(OCc2nc(Cl)c(Cl)s2)cc1C. The van der Waals surface area contributed by atoms with Crippen molar-refractivity contribution in [2.75, 3.05) is 18.6 Å². The average Bonchev–Trinajstić information content (AvgIpc) is 2.89. The Bertz CT molecular complexity index is 729. The van der Waals surface area contributed by atoms with Gasteiger partial charge in [-0.25, -0.2) is 9.78 Å². The van der Waals surface area contributed by atoms with Gasteiger partial charge in [-0.1, -0.05) is 29.3 Å². The molecule has 0 aliphatic heterocycles. The van der Waals surface area contributed by atoms with E-state index in [1.54, 1.807) is 18.2 Å². The monoisotopic (exact) mass is 386 g/mol. The summed E-state index contributed by atoms with van der Waals surface area (Å²) in [5, 5.41) is 0.972. The van der Waals surface area contributed by atoms with Gasteiger partial charge in [0, 0.05) is 6.54 Å². The van der Waals surface area contributed by atoms with Gasteiger partial charge in [-0.15, -0.1) is 17.9 Å². The van der Waals surface area contributed by atoms with Crippen molar-refractivity contribution in [2.45, 2.75) is 13.5 Å². The number of aromatic nitrogens is 1. The highest BCUT2D eigenvalue weighted by molar-refractivity contribution is 7.16. The molecule has 0 fully saturated rings. The number of carbonyl (C=O) groups excluding carboxylic acids is 1. The highest BCUT2D eigenvalue weighted by Gasteiger charge is 2.17. The molecule has 5 nitrogen and oxygen atoms in total. The fourth-order valence-electron chi connectivity index (χ4n) is 2.06. The lowest BCUT2D eigenvalue weighted by molar-refractivity contribution is 0.179. The number of benzene rings is 1. The van der Waals surface area contributed by atoms with Crippen LogP contribution in [-0.2, 0) is 11.3 Å². The van der Waals surface area contributed by atoms with E-state index in [0.717, 1.165) is 11.3 Å². The summed E-state index contributed by atoms with van der Waals surface area (Å²) in [5.74, 6) is 0.655. The minimum Gasteiger partial charge on any atom is -0.486 e. The minimum atomic E-state index is -0.446. The Morgan fingerprint density at radius 2 is 2.21 bits per heavy atom. The summed E-state index contributed by atoms with van der Waals surface area (Å²) in [5.41, 5.74) is 1.60. The van der Waals surface area contributed by atoms with Gasteiger partial charge in [-0.2, -0.15) is 0 Å². The predicted molar refractivity (Wildman–Crippen MR) is 97.6 cm³/mol. The third-order valence-electron chi connectivity index (χ3n) is 3.12. The van der Waals surface area contributed by atoms with Crippen LogP contribution in [0.5, 0.6) is 5.75 Å². The molecule has 1 aromatic carbocycles. The van der Waals surface area contributed by atoms with Crippen molar-refractivity contribution in [2.24, 2.45) is 0 Å². The van der Waals surface area contributed by atoms with Crippen molar-refractivity contribution in [3.63, 3.8) is 0 Å². The average molecular weight is 387 g/mol. The Morgan fingerprint density at radius 1 is 1.46 bits per heavy atom. The lowest BCUT2D eigenvalue weighted by Gasteiger charge is -2.22. The Hall–Kier alpha value is -1.76. The number of aryl methyl sites for hydroxylation is 1. The fourth-order valence-corrected chi connectivity index (χ4v) is 3.23. The second-order valence-electron chi connectivity index (χ2n) is 4.78. The number of thiazole rings is 1. The Kier molecular flexibility index (Phi) is 6.48. The van der Waals surface area contributed by atoms with Crippen LogP contribution < -0.4 is 9.64 Å². The Balaban J connectivity index is 2.13. The number of rotatable bonds is 6. The molecule has 1 amide bonds. The van der Waals surface area contributed by atoms with Crippen molar-refractivity contribution >= 4 is 46.3 Å². The van der Waals surface area contributed by atoms with E-state index >= 15 is 0 Å². The molecule has 0 aliphatic rings. The van der Waals surface area contributed by atoms with Gasteiger partial charge < -0.3 is 9.47 Å². The van der Waals surface area contributed by atoms with E-state index in [-0.39, 0.29) is 11.8 Å². The highest BCUT2D eigenvalue weighted by atomic mass is 35.5. The molecule has 0 saturated carbocycles. The molecule has 128 valence electrons. The first kappa shape index (κ1) is 18.6. The number of amides is 1. The third-order valence-corrected chi connectivity index (χ3v) is 4.83. The highest BCUT2D eigenvalue weighted by Crippen LogP contribution is 2.30. The number of hydrogen-bond acceptors (Lipinski definition) is 5. The van der Waals surface area contributed by atoms with E-state index in [9.17, 15) is 4.79 Å². The van der Waals surface area contributed by atoms with Crippen LogP contribution in [0.3, 0.4) is 0 Å². The van der Waals surface area contributed by atoms with Gasteiger partial charge in [0.1, 0.15) is 21.7 Å². The molecule has 0 saturated heterocycles. The molecule has 1 heterocycles. The maximum Gasteiger partial charge on any atom is 0.414 e. The van der Waals surface area contributed by atoms with Crippen LogP contribution in [0.1, 0.15) is 10.6 Å². The molecule has 24 heavy (non-hydrogen) atoms. The number of hydrogen-bond donors (Lipinski definition) is 0. The summed E-state index contributed by atoms with van der Waals surface area (Å²) >= 11 is 13.0. The first-order chi connectivity index (χ1) is 11.5. The quantitative estimate of drug-likeness (QED) is 0.648. The van der Waals surface area contributed by atoms with E-state index in [0.29, 0.717) is 21.6 Å². The van der Waals surface area contributed by atoms with E-state index in [1.165, 1.54) is 23.3 Å². The fraction of sp³-hybridized carbons (Fsp3) is 0.250. The van der Waals surface area contributed by atoms with Crippen LogP contribution in [0.2, 0.25) is 9.49 Å². The molecule has 2 aromatic rings. The molecule has 0 unspecified atom stereocenters. The van der Waals surface area contributed by atoms with Crippen molar-refractivity contribution in [1.82, 2.24) is 4.98 Å². The zero-order valence-corrected chi connectivity index (χ0v) is 15.5. The standard InChI is InChI=1S/C16H16Cl2N2O3S/c1-4-7-20(16(21)22-3)12-6-5-11(8-10(12)2)23-9-13-19-14(17)15(18)24-13/h4-6,8H,1,7,9H2,2-3H3. The van der Waals surface area contributed by atoms with Gasteiger partial charge in [0.05, 0.1) is 12.8 Å². The summed E-state index contributed by atoms with van der Waals surface area (Å²) in [4.78, 5) is 17.5. The van der Waals surface area contributed by atoms with Crippen molar-refractivity contribution < 1.29 is 14.3 Å². The number of nitrogens with zero attached hydrogens (tertiary/aromatic N) is 2. The number of halogens is 2. The third kappa shape index (κ3) is 4.41. The minimum absolute atomic E-state index is 0.267. The van der Waals surface area contributed by atoms with Crippen LogP contribution in [0.25, 0.3) is 0 Å². The van der Waals surface area contributed by atoms with Gasteiger partial charge in [0.15, 0.2) is 5.15 Å². The first-order valence-electron chi connectivity index (χ1n) is 6.96. The lowest BCUT2D eigenvalue weighted by atomic mass is 10.1. The zero-order chi connectivity index (χ0) is 17.7. The predicted octanol–water partition coefficient (Wildman–Crippen LogP) is 5.10. The molecule has 0 bridgehead atoms. The molecule has 8 heteroatoms. The van der Waals surface area contributed by atoms with Gasteiger partial charge in [0.2, 0.25) is 0 Å². The van der Waals surface area contributed by atoms with Gasteiger partial charge in [0.25, 0.3) is 0 Å². The van der Waals surface area contributed by atoms with E-state index < -0.39 is 6.09 Å². The summed E-state index contributed by atoms with van der Waals surface area (Å²) in [6.07, 6.45) is 1.19. The molecular formula is C16H16Cl2N2O3S. The second-order valence-corrected chi connectivity index (χ2v) is 6.82. The maximum absolute atomic E-state index is 11.9. The first-order valence-corrected chi connectivity index (χ1v) is 8.54. The van der Waals surface area contributed by atoms with Crippen molar-refractivity contribution in [3.8, 4) is 5.75 Å². The molecule has 1 aromatic heterocycles. The van der Waals surface area contributed by atoms with Crippen molar-refractivity contribution in [3.05, 3.63) is 50.9 Å². The Labute approximate surface area is 154 Å². The van der Waals surface area contributed by atoms with Crippen LogP contribution in [0.15, 0.2) is 30.9 Å². The number of anilines is 1. The molecule has 0 spiro atoms. The van der Waals surface area contributed by atoms with E-state index in [2.05, 4.69) is 11.6 Å². The number of methoxy groups -OCH3 is 1.